The van der Waals surface area contributed by atoms with Crippen LogP contribution >= 0.6 is 0 Å². The normalized spacial score (nSPS) is 17.8. The molecule has 7 nitrogen and oxygen atoms in total. The lowest BCUT2D eigenvalue weighted by molar-refractivity contribution is 0.0728. The number of likely N-dealkylation sites (tertiary alicyclic amines) is 1. The van der Waals surface area contributed by atoms with E-state index in [0.29, 0.717) is 42.8 Å². The van der Waals surface area contributed by atoms with E-state index in [2.05, 4.69) is 5.10 Å². The molecule has 3 aromatic rings. The Labute approximate surface area is 186 Å². The van der Waals surface area contributed by atoms with E-state index in [-0.39, 0.29) is 23.4 Å². The molecule has 5 rings (SSSR count). The third-order valence-electron chi connectivity index (χ3n) is 6.07. The number of amides is 1. The summed E-state index contributed by atoms with van der Waals surface area (Å²) in [5.41, 5.74) is 1.21. The Balaban J connectivity index is 1.55. The number of carbonyl (C=O) groups excluding carboxylic acids is 1. The third kappa shape index (κ3) is 3.61. The molecule has 1 atom stereocenters. The number of rotatable bonds is 4. The zero-order valence-electron chi connectivity index (χ0n) is 18.4. The molecule has 0 saturated carbocycles. The molecule has 2 aliphatic rings. The van der Waals surface area contributed by atoms with Crippen molar-refractivity contribution in [3.05, 3.63) is 64.1 Å². The predicted octanol–water partition coefficient (Wildman–Crippen LogP) is 3.80. The van der Waals surface area contributed by atoms with Crippen LogP contribution in [0.25, 0.3) is 10.8 Å². The molecule has 2 aliphatic heterocycles. The van der Waals surface area contributed by atoms with E-state index in [1.807, 2.05) is 55.1 Å². The molecule has 1 unspecified atom stereocenters. The van der Waals surface area contributed by atoms with Crippen molar-refractivity contribution in [1.29, 1.82) is 0 Å². The molecule has 3 heterocycles. The van der Waals surface area contributed by atoms with Gasteiger partial charge in [-0.05, 0) is 42.5 Å². The molecule has 1 aromatic heterocycles. The molecule has 166 valence electrons. The van der Waals surface area contributed by atoms with Gasteiger partial charge >= 0.3 is 0 Å². The van der Waals surface area contributed by atoms with Crippen molar-refractivity contribution in [2.24, 2.45) is 5.92 Å². The second-order valence-electron chi connectivity index (χ2n) is 8.83. The van der Waals surface area contributed by atoms with Crippen LogP contribution in [0.3, 0.4) is 0 Å². The molecule has 1 fully saturated rings. The van der Waals surface area contributed by atoms with Crippen LogP contribution in [-0.4, -0.2) is 40.3 Å². The Hall–Kier alpha value is -3.35. The van der Waals surface area contributed by atoms with Gasteiger partial charge in [0.1, 0.15) is 13.2 Å². The topological polar surface area (TPSA) is 73.7 Å². The fourth-order valence-electron chi connectivity index (χ4n) is 4.62. The van der Waals surface area contributed by atoms with Gasteiger partial charge in [0.05, 0.1) is 11.4 Å². The minimum absolute atomic E-state index is 0.0654. The maximum absolute atomic E-state index is 13.8. The molecular formula is C25H27N3O4. The van der Waals surface area contributed by atoms with Gasteiger partial charge < -0.3 is 14.4 Å². The Morgan fingerprint density at radius 1 is 1.09 bits per heavy atom. The minimum atomic E-state index is -0.157. The molecule has 0 radical (unpaired) electrons. The minimum Gasteiger partial charge on any atom is -0.486 e. The molecule has 1 amide bonds. The average molecular weight is 434 g/mol. The van der Waals surface area contributed by atoms with Crippen LogP contribution in [0, 0.1) is 5.92 Å². The summed E-state index contributed by atoms with van der Waals surface area (Å²) in [5.74, 6) is 1.56. The second-order valence-corrected chi connectivity index (χ2v) is 8.83. The van der Waals surface area contributed by atoms with Gasteiger partial charge in [0.15, 0.2) is 17.2 Å². The van der Waals surface area contributed by atoms with E-state index < -0.39 is 0 Å². The van der Waals surface area contributed by atoms with Gasteiger partial charge in [-0.3, -0.25) is 9.59 Å². The highest BCUT2D eigenvalue weighted by Gasteiger charge is 2.33. The van der Waals surface area contributed by atoms with Crippen molar-refractivity contribution in [3.8, 4) is 11.5 Å². The number of hydrogen-bond acceptors (Lipinski definition) is 5. The molecule has 2 aromatic carbocycles. The zero-order valence-corrected chi connectivity index (χ0v) is 18.4. The first-order chi connectivity index (χ1) is 15.5. The van der Waals surface area contributed by atoms with Crippen LogP contribution in [0.1, 0.15) is 48.8 Å². The Bertz CT molecular complexity index is 1230. The molecule has 0 spiro atoms. The highest BCUT2D eigenvalue weighted by atomic mass is 16.6. The van der Waals surface area contributed by atoms with Gasteiger partial charge in [0.25, 0.3) is 11.5 Å². The molecular weight excluding hydrogens is 406 g/mol. The summed E-state index contributed by atoms with van der Waals surface area (Å²) in [5, 5.41) is 5.69. The van der Waals surface area contributed by atoms with Gasteiger partial charge in [-0.15, -0.1) is 0 Å². The van der Waals surface area contributed by atoms with Crippen LogP contribution in [0.15, 0.2) is 47.3 Å². The first-order valence-corrected chi connectivity index (χ1v) is 11.2. The lowest BCUT2D eigenvalue weighted by Crippen LogP contribution is -2.34. The highest BCUT2D eigenvalue weighted by molar-refractivity contribution is 6.05. The van der Waals surface area contributed by atoms with E-state index >= 15 is 0 Å². The number of benzene rings is 2. The summed E-state index contributed by atoms with van der Waals surface area (Å²) < 4.78 is 12.8. The summed E-state index contributed by atoms with van der Waals surface area (Å²) in [6.07, 6.45) is 1.78. The number of fused-ring (bicyclic) bond motifs is 2. The average Bonchev–Trinajstić information content (AvgIpc) is 3.30. The van der Waals surface area contributed by atoms with Gasteiger partial charge in [0.2, 0.25) is 0 Å². The first-order valence-electron chi connectivity index (χ1n) is 11.2. The Kier molecular flexibility index (Phi) is 5.33. The summed E-state index contributed by atoms with van der Waals surface area (Å²) in [6, 6.07) is 13.1. The number of nitrogens with zero attached hydrogens (tertiary/aromatic N) is 3. The number of carbonyl (C=O) groups is 1. The maximum Gasteiger partial charge on any atom is 0.275 e. The smallest absolute Gasteiger partial charge is 0.275 e. The SMILES string of the molecule is CC(C)Cn1nc(C(=O)N2CCCC2c2ccc3c(c2)OCCO3)c2ccccc2c1=O. The highest BCUT2D eigenvalue weighted by Crippen LogP contribution is 2.38. The molecule has 7 heteroatoms. The summed E-state index contributed by atoms with van der Waals surface area (Å²) in [6.45, 7) is 6.25. The summed E-state index contributed by atoms with van der Waals surface area (Å²) in [7, 11) is 0. The molecule has 0 aliphatic carbocycles. The van der Waals surface area contributed by atoms with E-state index in [1.54, 1.807) is 6.07 Å². The standard InChI is InChI=1S/C25H27N3O4/c1-16(2)15-28-24(29)19-7-4-3-6-18(19)23(26-28)25(30)27-11-5-8-20(27)17-9-10-21-22(14-17)32-13-12-31-21/h3-4,6-7,9-10,14,16,20H,5,8,11-13,15H2,1-2H3. The monoisotopic (exact) mass is 433 g/mol. The lowest BCUT2D eigenvalue weighted by Gasteiger charge is -2.27. The lowest BCUT2D eigenvalue weighted by atomic mass is 10.0. The van der Waals surface area contributed by atoms with Crippen LogP contribution in [0.5, 0.6) is 11.5 Å². The predicted molar refractivity (Wildman–Crippen MR) is 121 cm³/mol. The van der Waals surface area contributed by atoms with Crippen LogP contribution in [0.4, 0.5) is 0 Å². The van der Waals surface area contributed by atoms with E-state index in [0.717, 1.165) is 29.9 Å². The fourth-order valence-corrected chi connectivity index (χ4v) is 4.62. The van der Waals surface area contributed by atoms with Crippen LogP contribution in [-0.2, 0) is 6.54 Å². The summed E-state index contributed by atoms with van der Waals surface area (Å²) in [4.78, 5) is 28.6. The van der Waals surface area contributed by atoms with E-state index in [9.17, 15) is 9.59 Å². The second kappa shape index (κ2) is 8.30. The van der Waals surface area contributed by atoms with Gasteiger partial charge in [0, 0.05) is 18.5 Å². The van der Waals surface area contributed by atoms with Gasteiger partial charge in [-0.2, -0.15) is 5.10 Å². The van der Waals surface area contributed by atoms with Gasteiger partial charge in [-0.1, -0.05) is 38.1 Å². The van der Waals surface area contributed by atoms with Crippen molar-refractivity contribution in [1.82, 2.24) is 14.7 Å². The van der Waals surface area contributed by atoms with Crippen LogP contribution < -0.4 is 15.0 Å². The van der Waals surface area contributed by atoms with Crippen LogP contribution in [0.2, 0.25) is 0 Å². The first kappa shape index (κ1) is 20.5. The van der Waals surface area contributed by atoms with Gasteiger partial charge in [-0.25, -0.2) is 4.68 Å². The van der Waals surface area contributed by atoms with E-state index in [4.69, 9.17) is 9.47 Å². The quantitative estimate of drug-likeness (QED) is 0.626. The van der Waals surface area contributed by atoms with Crippen molar-refractivity contribution in [3.63, 3.8) is 0 Å². The van der Waals surface area contributed by atoms with Crippen molar-refractivity contribution < 1.29 is 14.3 Å². The number of aromatic nitrogens is 2. The van der Waals surface area contributed by atoms with Crippen molar-refractivity contribution in [2.45, 2.75) is 39.3 Å². The number of hydrogen-bond donors (Lipinski definition) is 0. The maximum atomic E-state index is 13.8. The zero-order chi connectivity index (χ0) is 22.2. The van der Waals surface area contributed by atoms with Crippen molar-refractivity contribution >= 4 is 16.7 Å². The van der Waals surface area contributed by atoms with Crippen molar-refractivity contribution in [2.75, 3.05) is 19.8 Å². The third-order valence-corrected chi connectivity index (χ3v) is 6.07. The molecule has 0 bridgehead atoms. The summed E-state index contributed by atoms with van der Waals surface area (Å²) >= 11 is 0. The molecule has 32 heavy (non-hydrogen) atoms. The van der Waals surface area contributed by atoms with E-state index in [1.165, 1.54) is 4.68 Å². The fraction of sp³-hybridized carbons (Fsp3) is 0.400. The molecule has 1 saturated heterocycles. The number of ether oxygens (including phenoxy) is 2. The largest absolute Gasteiger partial charge is 0.486 e. The Morgan fingerprint density at radius 3 is 2.62 bits per heavy atom. The molecule has 0 N–H and O–H groups in total. The Morgan fingerprint density at radius 2 is 1.84 bits per heavy atom.